The summed E-state index contributed by atoms with van der Waals surface area (Å²) >= 11 is 6.02. The molecule has 0 aromatic heterocycles. The third-order valence-electron chi connectivity index (χ3n) is 3.73. The highest BCUT2D eigenvalue weighted by Gasteiger charge is 2.21. The monoisotopic (exact) mass is 405 g/mol. The summed E-state index contributed by atoms with van der Waals surface area (Å²) in [5.74, 6) is -0.0949. The lowest BCUT2D eigenvalue weighted by molar-refractivity contribution is -0.123. The second-order valence-corrected chi connectivity index (χ2v) is 6.37. The number of esters is 1. The molecule has 1 N–H and O–H groups in total. The molecule has 0 aliphatic rings. The van der Waals surface area contributed by atoms with Crippen LogP contribution in [0.2, 0.25) is 5.02 Å². The molecule has 2 aromatic rings. The lowest BCUT2D eigenvalue weighted by Gasteiger charge is -2.16. The Balaban J connectivity index is 2.05. The zero-order valence-corrected chi connectivity index (χ0v) is 16.9. The quantitative estimate of drug-likeness (QED) is 0.611. The van der Waals surface area contributed by atoms with Crippen LogP contribution in [0.3, 0.4) is 0 Å². The van der Waals surface area contributed by atoms with E-state index in [0.29, 0.717) is 35.4 Å². The summed E-state index contributed by atoms with van der Waals surface area (Å²) in [4.78, 5) is 24.7. The van der Waals surface area contributed by atoms with Gasteiger partial charge >= 0.3 is 5.97 Å². The molecular formula is C21H24ClNO5. The van der Waals surface area contributed by atoms with Crippen molar-refractivity contribution in [3.63, 3.8) is 0 Å². The standard InChI is InChI=1S/C21H24ClNO5/c1-4-12-27-18-11-10-15(13-19(18)26-5-2)21(25)28-14(3)20(24)23-17-9-7-6-8-16(17)22/h6-11,13-14H,4-5,12H2,1-3H3,(H,23,24). The van der Waals surface area contributed by atoms with E-state index < -0.39 is 18.0 Å². The number of hydrogen-bond donors (Lipinski definition) is 1. The molecule has 0 spiro atoms. The van der Waals surface area contributed by atoms with Gasteiger partial charge in [-0.2, -0.15) is 0 Å². The van der Waals surface area contributed by atoms with Crippen LogP contribution in [0, 0.1) is 0 Å². The van der Waals surface area contributed by atoms with Gasteiger partial charge in [0.25, 0.3) is 5.91 Å². The van der Waals surface area contributed by atoms with Crippen molar-refractivity contribution < 1.29 is 23.8 Å². The molecule has 1 atom stereocenters. The van der Waals surface area contributed by atoms with Gasteiger partial charge in [-0.1, -0.05) is 30.7 Å². The molecule has 0 heterocycles. The number of anilines is 1. The first kappa shape index (κ1) is 21.6. The maximum Gasteiger partial charge on any atom is 0.339 e. The maximum absolute atomic E-state index is 12.4. The van der Waals surface area contributed by atoms with Crippen molar-refractivity contribution >= 4 is 29.2 Å². The van der Waals surface area contributed by atoms with Crippen molar-refractivity contribution in [1.82, 2.24) is 0 Å². The SMILES string of the molecule is CCCOc1ccc(C(=O)OC(C)C(=O)Nc2ccccc2Cl)cc1OCC. The Morgan fingerprint density at radius 1 is 1.07 bits per heavy atom. The molecule has 2 aromatic carbocycles. The zero-order chi connectivity index (χ0) is 20.5. The lowest BCUT2D eigenvalue weighted by atomic mass is 10.2. The van der Waals surface area contributed by atoms with Crippen LogP contribution in [0.15, 0.2) is 42.5 Å². The highest BCUT2D eigenvalue weighted by Crippen LogP contribution is 2.29. The Hall–Kier alpha value is -2.73. The average molecular weight is 406 g/mol. The van der Waals surface area contributed by atoms with E-state index in [1.165, 1.54) is 6.92 Å². The summed E-state index contributed by atoms with van der Waals surface area (Å²) in [5, 5.41) is 3.04. The van der Waals surface area contributed by atoms with Crippen LogP contribution in [0.1, 0.15) is 37.6 Å². The molecule has 0 bridgehead atoms. The van der Waals surface area contributed by atoms with E-state index in [1.807, 2.05) is 13.8 Å². The van der Waals surface area contributed by atoms with Crippen LogP contribution in [0.5, 0.6) is 11.5 Å². The number of rotatable bonds is 9. The third kappa shape index (κ3) is 5.89. The molecule has 0 radical (unpaired) electrons. The molecule has 0 aliphatic heterocycles. The van der Waals surface area contributed by atoms with Gasteiger partial charge in [-0.15, -0.1) is 0 Å². The van der Waals surface area contributed by atoms with Crippen molar-refractivity contribution in [2.45, 2.75) is 33.3 Å². The molecule has 0 saturated heterocycles. The molecule has 0 fully saturated rings. The first-order chi connectivity index (χ1) is 13.5. The number of nitrogens with one attached hydrogen (secondary N) is 1. The van der Waals surface area contributed by atoms with Crippen LogP contribution < -0.4 is 14.8 Å². The number of ether oxygens (including phenoxy) is 3. The number of hydrogen-bond acceptors (Lipinski definition) is 5. The molecule has 0 aliphatic carbocycles. The van der Waals surface area contributed by atoms with Gasteiger partial charge in [0.05, 0.1) is 29.5 Å². The van der Waals surface area contributed by atoms with Gasteiger partial charge in [0.15, 0.2) is 17.6 Å². The lowest BCUT2D eigenvalue weighted by Crippen LogP contribution is -2.30. The minimum atomic E-state index is -1.00. The van der Waals surface area contributed by atoms with Gasteiger partial charge in [-0.25, -0.2) is 4.79 Å². The summed E-state index contributed by atoms with van der Waals surface area (Å²) < 4.78 is 16.4. The van der Waals surface area contributed by atoms with Gasteiger partial charge in [-0.05, 0) is 50.6 Å². The van der Waals surface area contributed by atoms with Crippen LogP contribution in [0.25, 0.3) is 0 Å². The van der Waals surface area contributed by atoms with Crippen molar-refractivity contribution in [2.75, 3.05) is 18.5 Å². The first-order valence-corrected chi connectivity index (χ1v) is 9.50. The summed E-state index contributed by atoms with van der Waals surface area (Å²) in [6, 6.07) is 11.6. The van der Waals surface area contributed by atoms with E-state index in [9.17, 15) is 9.59 Å². The Morgan fingerprint density at radius 2 is 1.82 bits per heavy atom. The number of para-hydroxylation sites is 1. The van der Waals surface area contributed by atoms with E-state index in [2.05, 4.69) is 5.32 Å². The molecular weight excluding hydrogens is 382 g/mol. The van der Waals surface area contributed by atoms with E-state index in [4.69, 9.17) is 25.8 Å². The van der Waals surface area contributed by atoms with E-state index in [1.54, 1.807) is 42.5 Å². The summed E-state index contributed by atoms with van der Waals surface area (Å²) in [7, 11) is 0. The van der Waals surface area contributed by atoms with Gasteiger partial charge in [0.1, 0.15) is 0 Å². The smallest absolute Gasteiger partial charge is 0.339 e. The second-order valence-electron chi connectivity index (χ2n) is 5.96. The van der Waals surface area contributed by atoms with Crippen molar-refractivity contribution in [3.8, 4) is 11.5 Å². The maximum atomic E-state index is 12.4. The fourth-order valence-corrected chi connectivity index (χ4v) is 2.50. The molecule has 1 amide bonds. The fourth-order valence-electron chi connectivity index (χ4n) is 2.31. The molecule has 7 heteroatoms. The second kappa shape index (κ2) is 10.6. The molecule has 0 saturated carbocycles. The number of carbonyl (C=O) groups is 2. The Morgan fingerprint density at radius 3 is 2.50 bits per heavy atom. The number of amides is 1. The number of halogens is 1. The highest BCUT2D eigenvalue weighted by atomic mass is 35.5. The Kier molecular flexibility index (Phi) is 8.14. The van der Waals surface area contributed by atoms with Crippen LogP contribution >= 0.6 is 11.6 Å². The minimum absolute atomic E-state index is 0.268. The van der Waals surface area contributed by atoms with Crippen molar-refractivity contribution in [2.24, 2.45) is 0 Å². The predicted molar refractivity (Wildman–Crippen MR) is 108 cm³/mol. The largest absolute Gasteiger partial charge is 0.490 e. The molecule has 1 unspecified atom stereocenters. The fraction of sp³-hybridized carbons (Fsp3) is 0.333. The van der Waals surface area contributed by atoms with Crippen LogP contribution in [-0.4, -0.2) is 31.2 Å². The zero-order valence-electron chi connectivity index (χ0n) is 16.2. The van der Waals surface area contributed by atoms with Crippen molar-refractivity contribution in [1.29, 1.82) is 0 Å². The van der Waals surface area contributed by atoms with E-state index in [0.717, 1.165) is 6.42 Å². The Labute approximate surface area is 169 Å². The summed E-state index contributed by atoms with van der Waals surface area (Å²) in [6.45, 7) is 6.31. The summed E-state index contributed by atoms with van der Waals surface area (Å²) in [5.41, 5.74) is 0.720. The first-order valence-electron chi connectivity index (χ1n) is 9.12. The Bertz CT molecular complexity index is 824. The average Bonchev–Trinajstić information content (AvgIpc) is 2.68. The van der Waals surface area contributed by atoms with Gasteiger partial charge in [-0.3, -0.25) is 4.79 Å². The van der Waals surface area contributed by atoms with Gasteiger partial charge < -0.3 is 19.5 Å². The normalized spacial score (nSPS) is 11.4. The molecule has 6 nitrogen and oxygen atoms in total. The number of carbonyl (C=O) groups excluding carboxylic acids is 2. The van der Waals surface area contributed by atoms with Gasteiger partial charge in [0.2, 0.25) is 0 Å². The summed E-state index contributed by atoms with van der Waals surface area (Å²) in [6.07, 6.45) is -0.150. The molecule has 28 heavy (non-hydrogen) atoms. The van der Waals surface area contributed by atoms with Crippen LogP contribution in [-0.2, 0) is 9.53 Å². The molecule has 150 valence electrons. The minimum Gasteiger partial charge on any atom is -0.490 e. The van der Waals surface area contributed by atoms with E-state index >= 15 is 0 Å². The molecule has 2 rings (SSSR count). The number of benzene rings is 2. The third-order valence-corrected chi connectivity index (χ3v) is 4.06. The van der Waals surface area contributed by atoms with Crippen molar-refractivity contribution in [3.05, 3.63) is 53.1 Å². The van der Waals surface area contributed by atoms with Gasteiger partial charge in [0, 0.05) is 0 Å². The topological polar surface area (TPSA) is 73.9 Å². The van der Waals surface area contributed by atoms with Crippen LogP contribution in [0.4, 0.5) is 5.69 Å². The highest BCUT2D eigenvalue weighted by molar-refractivity contribution is 6.33. The predicted octanol–water partition coefficient (Wildman–Crippen LogP) is 4.71. The van der Waals surface area contributed by atoms with E-state index in [-0.39, 0.29) is 5.56 Å².